The predicted molar refractivity (Wildman–Crippen MR) is 88.5 cm³/mol. The van der Waals surface area contributed by atoms with E-state index in [0.717, 1.165) is 32.0 Å². The van der Waals surface area contributed by atoms with Gasteiger partial charge in [0, 0.05) is 36.6 Å². The van der Waals surface area contributed by atoms with Crippen LogP contribution in [-0.4, -0.2) is 40.4 Å². The molecule has 1 saturated heterocycles. The van der Waals surface area contributed by atoms with Crippen LogP contribution in [-0.2, 0) is 4.79 Å². The average Bonchev–Trinajstić information content (AvgIpc) is 3.06. The van der Waals surface area contributed by atoms with Crippen molar-refractivity contribution < 1.29 is 14.5 Å². The number of amides is 2. The number of carbonyl (C=O) groups is 2. The lowest BCUT2D eigenvalue weighted by Crippen LogP contribution is -2.29. The standard InChI is InChI=1S/C15H19N5O4/c1-10(6-14(21)19-4-2-3-5-19)17-18-15(22)11-7-12(16)9-13(8-11)20(23)24/h7-9H,2-6,16H2,1H3,(H,18,22)/b17-10+. The molecule has 0 saturated carbocycles. The van der Waals surface area contributed by atoms with Gasteiger partial charge in [-0.3, -0.25) is 19.7 Å². The third-order valence-electron chi connectivity index (χ3n) is 3.63. The first-order valence-corrected chi connectivity index (χ1v) is 7.53. The Labute approximate surface area is 138 Å². The number of nitro benzene ring substituents is 1. The minimum Gasteiger partial charge on any atom is -0.399 e. The number of non-ortho nitro benzene ring substituents is 1. The van der Waals surface area contributed by atoms with Crippen molar-refractivity contribution in [3.8, 4) is 0 Å². The van der Waals surface area contributed by atoms with Crippen LogP contribution >= 0.6 is 0 Å². The molecule has 0 aliphatic carbocycles. The molecule has 2 amide bonds. The van der Waals surface area contributed by atoms with E-state index in [4.69, 9.17) is 5.73 Å². The number of hydrogen-bond donors (Lipinski definition) is 2. The van der Waals surface area contributed by atoms with E-state index in [0.29, 0.717) is 5.71 Å². The fourth-order valence-electron chi connectivity index (χ4n) is 2.42. The highest BCUT2D eigenvalue weighted by molar-refractivity contribution is 6.01. The molecule has 2 rings (SSSR count). The van der Waals surface area contributed by atoms with Crippen molar-refractivity contribution >= 4 is 28.9 Å². The molecule has 9 heteroatoms. The van der Waals surface area contributed by atoms with E-state index in [1.807, 2.05) is 0 Å². The van der Waals surface area contributed by atoms with Gasteiger partial charge in [0.1, 0.15) is 0 Å². The second-order valence-corrected chi connectivity index (χ2v) is 5.62. The number of rotatable bonds is 5. The highest BCUT2D eigenvalue weighted by atomic mass is 16.6. The topological polar surface area (TPSA) is 131 Å². The molecule has 0 atom stereocenters. The lowest BCUT2D eigenvalue weighted by Gasteiger charge is -2.14. The minimum atomic E-state index is -0.629. The van der Waals surface area contributed by atoms with Crippen molar-refractivity contribution in [3.63, 3.8) is 0 Å². The maximum Gasteiger partial charge on any atom is 0.272 e. The fraction of sp³-hybridized carbons (Fsp3) is 0.400. The Morgan fingerprint density at radius 2 is 2.00 bits per heavy atom. The van der Waals surface area contributed by atoms with Gasteiger partial charge in [0.25, 0.3) is 11.6 Å². The van der Waals surface area contributed by atoms with Crippen LogP contribution in [0, 0.1) is 10.1 Å². The molecule has 128 valence electrons. The zero-order valence-corrected chi connectivity index (χ0v) is 13.3. The highest BCUT2D eigenvalue weighted by Gasteiger charge is 2.18. The van der Waals surface area contributed by atoms with E-state index in [9.17, 15) is 19.7 Å². The maximum atomic E-state index is 12.0. The molecule has 24 heavy (non-hydrogen) atoms. The van der Waals surface area contributed by atoms with Crippen molar-refractivity contribution in [1.82, 2.24) is 10.3 Å². The van der Waals surface area contributed by atoms with Crippen LogP contribution in [0.15, 0.2) is 23.3 Å². The quantitative estimate of drug-likeness (QED) is 0.363. The third-order valence-corrected chi connectivity index (χ3v) is 3.63. The van der Waals surface area contributed by atoms with E-state index < -0.39 is 10.8 Å². The molecule has 1 aromatic carbocycles. The zero-order chi connectivity index (χ0) is 17.7. The van der Waals surface area contributed by atoms with Gasteiger partial charge in [0.2, 0.25) is 5.91 Å². The number of nitrogens with zero attached hydrogens (tertiary/aromatic N) is 3. The SMILES string of the molecule is C/C(CC(=O)N1CCCC1)=N\NC(=O)c1cc(N)cc([N+](=O)[O-])c1. The number of nitro groups is 1. The summed E-state index contributed by atoms with van der Waals surface area (Å²) in [7, 11) is 0. The van der Waals surface area contributed by atoms with E-state index >= 15 is 0 Å². The second kappa shape index (κ2) is 7.53. The molecule has 0 aromatic heterocycles. The van der Waals surface area contributed by atoms with Crippen LogP contribution < -0.4 is 11.2 Å². The smallest absolute Gasteiger partial charge is 0.272 e. The van der Waals surface area contributed by atoms with E-state index in [-0.39, 0.29) is 29.3 Å². The Morgan fingerprint density at radius 1 is 1.33 bits per heavy atom. The maximum absolute atomic E-state index is 12.0. The summed E-state index contributed by atoms with van der Waals surface area (Å²) in [5.41, 5.74) is 8.17. The molecule has 1 fully saturated rings. The summed E-state index contributed by atoms with van der Waals surface area (Å²) < 4.78 is 0. The Bertz CT molecular complexity index is 695. The molecule has 1 aliphatic heterocycles. The average molecular weight is 333 g/mol. The number of carbonyl (C=O) groups excluding carboxylic acids is 2. The first-order chi connectivity index (χ1) is 11.4. The Kier molecular flexibility index (Phi) is 5.46. The molecule has 0 spiro atoms. The first-order valence-electron chi connectivity index (χ1n) is 7.53. The van der Waals surface area contributed by atoms with Gasteiger partial charge in [-0.1, -0.05) is 0 Å². The van der Waals surface area contributed by atoms with Crippen LogP contribution in [0.4, 0.5) is 11.4 Å². The molecular weight excluding hydrogens is 314 g/mol. The molecule has 1 heterocycles. The summed E-state index contributed by atoms with van der Waals surface area (Å²) in [6, 6.07) is 3.61. The molecule has 0 bridgehead atoms. The molecular formula is C15H19N5O4. The lowest BCUT2D eigenvalue weighted by atomic mass is 10.1. The second-order valence-electron chi connectivity index (χ2n) is 5.62. The number of benzene rings is 1. The summed E-state index contributed by atoms with van der Waals surface area (Å²) in [6.45, 7) is 3.15. The number of nitrogen functional groups attached to an aromatic ring is 1. The number of hydrazone groups is 1. The van der Waals surface area contributed by atoms with Gasteiger partial charge >= 0.3 is 0 Å². The van der Waals surface area contributed by atoms with Gasteiger partial charge < -0.3 is 10.6 Å². The van der Waals surface area contributed by atoms with Crippen molar-refractivity contribution in [2.24, 2.45) is 5.10 Å². The van der Waals surface area contributed by atoms with Crippen LogP contribution in [0.1, 0.15) is 36.5 Å². The Morgan fingerprint density at radius 3 is 2.62 bits per heavy atom. The Balaban J connectivity index is 1.98. The van der Waals surface area contributed by atoms with Crippen LogP contribution in [0.25, 0.3) is 0 Å². The van der Waals surface area contributed by atoms with Crippen LogP contribution in [0.5, 0.6) is 0 Å². The number of nitrogens with one attached hydrogen (secondary N) is 1. The summed E-state index contributed by atoms with van der Waals surface area (Å²) in [4.78, 5) is 35.9. The number of likely N-dealkylation sites (tertiary alicyclic amines) is 1. The van der Waals surface area contributed by atoms with Crippen LogP contribution in [0.3, 0.4) is 0 Å². The molecule has 0 radical (unpaired) electrons. The number of nitrogens with two attached hydrogens (primary N) is 1. The highest BCUT2D eigenvalue weighted by Crippen LogP contribution is 2.18. The fourth-order valence-corrected chi connectivity index (χ4v) is 2.42. The molecule has 3 N–H and O–H groups in total. The Hall–Kier alpha value is -2.97. The van der Waals surface area contributed by atoms with Crippen LogP contribution in [0.2, 0.25) is 0 Å². The van der Waals surface area contributed by atoms with Gasteiger partial charge in [-0.25, -0.2) is 5.43 Å². The minimum absolute atomic E-state index is 0.0254. The van der Waals surface area contributed by atoms with Gasteiger partial charge in [-0.05, 0) is 25.8 Å². The van der Waals surface area contributed by atoms with Crippen molar-refractivity contribution in [2.45, 2.75) is 26.2 Å². The summed E-state index contributed by atoms with van der Waals surface area (Å²) in [5, 5.41) is 14.7. The van der Waals surface area contributed by atoms with E-state index in [1.54, 1.807) is 11.8 Å². The molecule has 1 aliphatic rings. The normalized spacial score (nSPS) is 14.5. The number of hydrogen-bond acceptors (Lipinski definition) is 6. The number of anilines is 1. The molecule has 0 unspecified atom stereocenters. The summed E-state index contributed by atoms with van der Waals surface area (Å²) in [5.74, 6) is -0.652. The first kappa shape index (κ1) is 17.4. The summed E-state index contributed by atoms with van der Waals surface area (Å²) in [6.07, 6.45) is 2.14. The molecule has 9 nitrogen and oxygen atoms in total. The molecule has 1 aromatic rings. The monoisotopic (exact) mass is 333 g/mol. The van der Waals surface area contributed by atoms with Gasteiger partial charge in [0.05, 0.1) is 16.9 Å². The van der Waals surface area contributed by atoms with E-state index in [2.05, 4.69) is 10.5 Å². The van der Waals surface area contributed by atoms with Gasteiger partial charge in [-0.2, -0.15) is 5.10 Å². The van der Waals surface area contributed by atoms with Crippen molar-refractivity contribution in [2.75, 3.05) is 18.8 Å². The van der Waals surface area contributed by atoms with Gasteiger partial charge in [-0.15, -0.1) is 0 Å². The van der Waals surface area contributed by atoms with Gasteiger partial charge in [0.15, 0.2) is 0 Å². The summed E-state index contributed by atoms with van der Waals surface area (Å²) >= 11 is 0. The largest absolute Gasteiger partial charge is 0.399 e. The van der Waals surface area contributed by atoms with Crippen molar-refractivity contribution in [3.05, 3.63) is 33.9 Å². The third kappa shape index (κ3) is 4.51. The zero-order valence-electron chi connectivity index (χ0n) is 13.3. The lowest BCUT2D eigenvalue weighted by molar-refractivity contribution is -0.384. The van der Waals surface area contributed by atoms with Crippen molar-refractivity contribution in [1.29, 1.82) is 0 Å². The van der Waals surface area contributed by atoms with E-state index in [1.165, 1.54) is 12.1 Å². The predicted octanol–water partition coefficient (Wildman–Crippen LogP) is 1.30.